The minimum absolute atomic E-state index is 0.292. The number of nitrogens with one attached hydrogen (secondary N) is 1. The van der Waals surface area contributed by atoms with E-state index in [-0.39, 0.29) is 6.10 Å². The molecule has 3 nitrogen and oxygen atoms in total. The predicted molar refractivity (Wildman–Crippen MR) is 56.7 cm³/mol. The molecule has 1 aromatic heterocycles. The lowest BCUT2D eigenvalue weighted by Crippen LogP contribution is -2.18. The SMILES string of the molecule is CC[C@H](O)CNc1ccncc1Br. The molecule has 1 rings (SSSR count). The van der Waals surface area contributed by atoms with Gasteiger partial charge in [-0.1, -0.05) is 6.92 Å². The summed E-state index contributed by atoms with van der Waals surface area (Å²) >= 11 is 3.36. The molecular formula is C9H13BrN2O. The monoisotopic (exact) mass is 244 g/mol. The fourth-order valence-electron chi connectivity index (χ4n) is 0.891. The average molecular weight is 245 g/mol. The van der Waals surface area contributed by atoms with Gasteiger partial charge in [0.15, 0.2) is 0 Å². The van der Waals surface area contributed by atoms with E-state index in [2.05, 4.69) is 26.2 Å². The van der Waals surface area contributed by atoms with Crippen molar-refractivity contribution in [1.29, 1.82) is 0 Å². The molecule has 0 aliphatic carbocycles. The summed E-state index contributed by atoms with van der Waals surface area (Å²) in [5.74, 6) is 0. The number of hydrogen-bond donors (Lipinski definition) is 2. The Bertz CT molecular complexity index is 268. The van der Waals surface area contributed by atoms with Crippen LogP contribution in [-0.4, -0.2) is 22.7 Å². The maximum Gasteiger partial charge on any atom is 0.0709 e. The fourth-order valence-corrected chi connectivity index (χ4v) is 1.28. The maximum absolute atomic E-state index is 9.32. The lowest BCUT2D eigenvalue weighted by atomic mass is 10.3. The number of halogens is 1. The molecule has 0 aliphatic heterocycles. The van der Waals surface area contributed by atoms with Gasteiger partial charge < -0.3 is 10.4 Å². The van der Waals surface area contributed by atoms with Crippen LogP contribution in [0.15, 0.2) is 22.9 Å². The van der Waals surface area contributed by atoms with Gasteiger partial charge in [0.1, 0.15) is 0 Å². The maximum atomic E-state index is 9.32. The second-order valence-corrected chi connectivity index (χ2v) is 3.65. The third-order valence-electron chi connectivity index (χ3n) is 1.77. The van der Waals surface area contributed by atoms with E-state index in [1.165, 1.54) is 0 Å². The van der Waals surface area contributed by atoms with Crippen molar-refractivity contribution in [2.75, 3.05) is 11.9 Å². The van der Waals surface area contributed by atoms with Gasteiger partial charge in [0, 0.05) is 18.9 Å². The number of aliphatic hydroxyl groups excluding tert-OH is 1. The highest BCUT2D eigenvalue weighted by Crippen LogP contribution is 2.19. The van der Waals surface area contributed by atoms with Gasteiger partial charge in [-0.15, -0.1) is 0 Å². The first kappa shape index (κ1) is 10.5. The Balaban J connectivity index is 2.50. The van der Waals surface area contributed by atoms with Crippen molar-refractivity contribution >= 4 is 21.6 Å². The van der Waals surface area contributed by atoms with E-state index < -0.39 is 0 Å². The lowest BCUT2D eigenvalue weighted by Gasteiger charge is -2.11. The molecule has 0 saturated carbocycles. The Morgan fingerprint density at radius 1 is 1.69 bits per heavy atom. The van der Waals surface area contributed by atoms with E-state index in [0.717, 1.165) is 16.6 Å². The highest BCUT2D eigenvalue weighted by Gasteiger charge is 2.02. The Morgan fingerprint density at radius 3 is 3.08 bits per heavy atom. The number of anilines is 1. The average Bonchev–Trinajstić information content (AvgIpc) is 2.16. The van der Waals surface area contributed by atoms with Crippen LogP contribution in [0, 0.1) is 0 Å². The third kappa shape index (κ3) is 3.32. The molecule has 13 heavy (non-hydrogen) atoms. The van der Waals surface area contributed by atoms with Gasteiger partial charge >= 0.3 is 0 Å². The molecule has 0 saturated heterocycles. The first-order valence-electron chi connectivity index (χ1n) is 4.25. The zero-order valence-corrected chi connectivity index (χ0v) is 9.08. The van der Waals surface area contributed by atoms with Crippen LogP contribution in [0.1, 0.15) is 13.3 Å². The lowest BCUT2D eigenvalue weighted by molar-refractivity contribution is 0.183. The van der Waals surface area contributed by atoms with Gasteiger partial charge in [-0.05, 0) is 28.4 Å². The topological polar surface area (TPSA) is 45.1 Å². The second-order valence-electron chi connectivity index (χ2n) is 2.80. The van der Waals surface area contributed by atoms with Crippen molar-refractivity contribution in [2.45, 2.75) is 19.4 Å². The molecule has 0 spiro atoms. The van der Waals surface area contributed by atoms with Crippen molar-refractivity contribution < 1.29 is 5.11 Å². The Morgan fingerprint density at radius 2 is 2.46 bits per heavy atom. The summed E-state index contributed by atoms with van der Waals surface area (Å²) in [6.07, 6.45) is 3.90. The smallest absolute Gasteiger partial charge is 0.0709 e. The molecular weight excluding hydrogens is 232 g/mol. The molecule has 1 aromatic rings. The molecule has 0 bridgehead atoms. The van der Waals surface area contributed by atoms with Gasteiger partial charge in [0.2, 0.25) is 0 Å². The van der Waals surface area contributed by atoms with Crippen molar-refractivity contribution in [2.24, 2.45) is 0 Å². The molecule has 2 N–H and O–H groups in total. The fraction of sp³-hybridized carbons (Fsp3) is 0.444. The Labute approximate surface area is 86.3 Å². The van der Waals surface area contributed by atoms with Crippen LogP contribution in [0.4, 0.5) is 5.69 Å². The van der Waals surface area contributed by atoms with Crippen LogP contribution in [0.2, 0.25) is 0 Å². The quantitative estimate of drug-likeness (QED) is 0.853. The number of aliphatic hydroxyl groups is 1. The molecule has 1 atom stereocenters. The number of rotatable bonds is 4. The second kappa shape index (κ2) is 5.19. The summed E-state index contributed by atoms with van der Waals surface area (Å²) in [5.41, 5.74) is 0.961. The van der Waals surface area contributed by atoms with Gasteiger partial charge in [-0.25, -0.2) is 0 Å². The highest BCUT2D eigenvalue weighted by molar-refractivity contribution is 9.10. The number of pyridine rings is 1. The van der Waals surface area contributed by atoms with Crippen LogP contribution in [0.5, 0.6) is 0 Å². The van der Waals surface area contributed by atoms with Crippen LogP contribution in [0.3, 0.4) is 0 Å². The molecule has 0 radical (unpaired) electrons. The third-order valence-corrected chi connectivity index (χ3v) is 2.40. The predicted octanol–water partition coefficient (Wildman–Crippen LogP) is 2.03. The van der Waals surface area contributed by atoms with E-state index in [4.69, 9.17) is 0 Å². The van der Waals surface area contributed by atoms with Crippen molar-refractivity contribution in [1.82, 2.24) is 4.98 Å². The molecule has 4 heteroatoms. The van der Waals surface area contributed by atoms with Crippen molar-refractivity contribution in [3.8, 4) is 0 Å². The Kier molecular flexibility index (Phi) is 4.18. The largest absolute Gasteiger partial charge is 0.391 e. The van der Waals surface area contributed by atoms with Crippen LogP contribution < -0.4 is 5.32 Å². The van der Waals surface area contributed by atoms with E-state index in [0.29, 0.717) is 6.54 Å². The van der Waals surface area contributed by atoms with Gasteiger partial charge in [-0.2, -0.15) is 0 Å². The summed E-state index contributed by atoms with van der Waals surface area (Å²) in [4.78, 5) is 3.94. The Hall–Kier alpha value is -0.610. The van der Waals surface area contributed by atoms with Gasteiger partial charge in [0.25, 0.3) is 0 Å². The molecule has 1 heterocycles. The number of hydrogen-bond acceptors (Lipinski definition) is 3. The first-order chi connectivity index (χ1) is 6.24. The number of nitrogens with zero attached hydrogens (tertiary/aromatic N) is 1. The summed E-state index contributed by atoms with van der Waals surface area (Å²) in [7, 11) is 0. The van der Waals surface area contributed by atoms with Crippen LogP contribution in [-0.2, 0) is 0 Å². The van der Waals surface area contributed by atoms with Crippen molar-refractivity contribution in [3.05, 3.63) is 22.9 Å². The summed E-state index contributed by atoms with van der Waals surface area (Å²) in [5, 5.41) is 12.4. The standard InChI is InChI=1S/C9H13BrN2O/c1-2-7(13)5-12-9-3-4-11-6-8(9)10/h3-4,6-7,13H,2,5H2,1H3,(H,11,12)/t7-/m0/s1. The molecule has 0 amide bonds. The molecule has 0 unspecified atom stereocenters. The van der Waals surface area contributed by atoms with Gasteiger partial charge in [-0.3, -0.25) is 4.98 Å². The van der Waals surface area contributed by atoms with E-state index in [1.807, 2.05) is 13.0 Å². The minimum atomic E-state index is -0.292. The summed E-state index contributed by atoms with van der Waals surface area (Å²) in [6.45, 7) is 2.52. The molecule has 0 aromatic carbocycles. The van der Waals surface area contributed by atoms with E-state index >= 15 is 0 Å². The molecule has 0 aliphatic rings. The van der Waals surface area contributed by atoms with E-state index in [1.54, 1.807) is 12.4 Å². The zero-order valence-electron chi connectivity index (χ0n) is 7.50. The minimum Gasteiger partial charge on any atom is -0.391 e. The van der Waals surface area contributed by atoms with Crippen molar-refractivity contribution in [3.63, 3.8) is 0 Å². The normalized spacial score (nSPS) is 12.5. The highest BCUT2D eigenvalue weighted by atomic mass is 79.9. The van der Waals surface area contributed by atoms with Crippen LogP contribution in [0.25, 0.3) is 0 Å². The molecule has 72 valence electrons. The van der Waals surface area contributed by atoms with Gasteiger partial charge in [0.05, 0.1) is 16.3 Å². The first-order valence-corrected chi connectivity index (χ1v) is 5.04. The summed E-state index contributed by atoms with van der Waals surface area (Å²) < 4.78 is 0.915. The van der Waals surface area contributed by atoms with Crippen LogP contribution >= 0.6 is 15.9 Å². The summed E-state index contributed by atoms with van der Waals surface area (Å²) in [6, 6.07) is 1.87. The van der Waals surface area contributed by atoms with E-state index in [9.17, 15) is 5.11 Å². The zero-order chi connectivity index (χ0) is 9.68. The molecule has 0 fully saturated rings. The number of aromatic nitrogens is 1.